The lowest BCUT2D eigenvalue weighted by molar-refractivity contribution is 0.141. The number of hydrogen-bond donors (Lipinski definition) is 2. The van der Waals surface area contributed by atoms with E-state index in [0.717, 1.165) is 50.7 Å². The molecule has 1 aliphatic carbocycles. The molecule has 2 aromatic rings. The molecule has 29 heavy (non-hydrogen) atoms. The van der Waals surface area contributed by atoms with E-state index in [2.05, 4.69) is 41.0 Å². The molecule has 0 bridgehead atoms. The van der Waals surface area contributed by atoms with Crippen molar-refractivity contribution in [2.24, 2.45) is 10.4 Å². The summed E-state index contributed by atoms with van der Waals surface area (Å²) in [6.07, 6.45) is 11.2. The Morgan fingerprint density at radius 1 is 1.21 bits per heavy atom. The summed E-state index contributed by atoms with van der Waals surface area (Å²) in [4.78, 5) is 4.92. The number of aromatic nitrogens is 2. The number of methoxy groups -OCH3 is 1. The molecule has 0 radical (unpaired) electrons. The van der Waals surface area contributed by atoms with Crippen LogP contribution in [0.5, 0.6) is 0 Å². The van der Waals surface area contributed by atoms with Crippen LogP contribution in [0.4, 0.5) is 0 Å². The van der Waals surface area contributed by atoms with Crippen molar-refractivity contribution in [1.82, 2.24) is 20.4 Å². The minimum Gasteiger partial charge on any atom is -0.385 e. The van der Waals surface area contributed by atoms with E-state index in [0.29, 0.717) is 5.41 Å². The highest BCUT2D eigenvalue weighted by Gasteiger charge is 2.33. The second-order valence-electron chi connectivity index (χ2n) is 7.95. The number of nitrogens with one attached hydrogen (secondary N) is 2. The van der Waals surface area contributed by atoms with Gasteiger partial charge < -0.3 is 15.4 Å². The molecular weight excluding hydrogens is 362 g/mol. The Morgan fingerprint density at radius 3 is 2.72 bits per heavy atom. The lowest BCUT2D eigenvalue weighted by Crippen LogP contribution is -2.39. The van der Waals surface area contributed by atoms with Crippen LogP contribution in [-0.2, 0) is 11.2 Å². The molecule has 1 heterocycles. The van der Waals surface area contributed by atoms with Crippen molar-refractivity contribution >= 4 is 5.96 Å². The maximum absolute atomic E-state index is 5.34. The third kappa shape index (κ3) is 6.32. The van der Waals surface area contributed by atoms with E-state index in [4.69, 9.17) is 9.73 Å². The molecule has 1 saturated carbocycles. The topological polar surface area (TPSA) is 63.5 Å². The summed E-state index contributed by atoms with van der Waals surface area (Å²) in [5, 5.41) is 11.3. The number of nitrogens with zero attached hydrogens (tertiary/aromatic N) is 3. The lowest BCUT2D eigenvalue weighted by Gasteiger charge is -2.27. The summed E-state index contributed by atoms with van der Waals surface area (Å²) in [6, 6.07) is 10.2. The zero-order chi connectivity index (χ0) is 20.4. The molecule has 1 aliphatic rings. The van der Waals surface area contributed by atoms with Crippen molar-refractivity contribution in [2.45, 2.75) is 45.4 Å². The molecule has 2 N–H and O–H groups in total. The first-order valence-corrected chi connectivity index (χ1v) is 10.8. The van der Waals surface area contributed by atoms with Crippen LogP contribution in [0, 0.1) is 5.41 Å². The second kappa shape index (κ2) is 11.0. The first-order valence-electron chi connectivity index (χ1n) is 10.8. The quantitative estimate of drug-likeness (QED) is 0.475. The standard InChI is InChI=1S/C23H35N5O/c1-3-24-22(26-19-23(14-16-29-2)12-7-8-13-23)25-15-11-20-17-27-28(18-20)21-9-5-4-6-10-21/h4-6,9-10,17-18H,3,7-8,11-16,19H2,1-2H3,(H2,24,25,26). The van der Waals surface area contributed by atoms with Crippen LogP contribution in [0.15, 0.2) is 47.7 Å². The minimum atomic E-state index is 0.315. The van der Waals surface area contributed by atoms with Gasteiger partial charge in [-0.25, -0.2) is 4.68 Å². The highest BCUT2D eigenvalue weighted by molar-refractivity contribution is 5.79. The number of benzene rings is 1. The first-order chi connectivity index (χ1) is 14.2. The van der Waals surface area contributed by atoms with E-state index in [1.807, 2.05) is 29.1 Å². The Kier molecular flexibility index (Phi) is 8.11. The van der Waals surface area contributed by atoms with Gasteiger partial charge in [0.2, 0.25) is 0 Å². The van der Waals surface area contributed by atoms with E-state index in [1.165, 1.54) is 31.2 Å². The van der Waals surface area contributed by atoms with Crippen molar-refractivity contribution in [3.8, 4) is 5.69 Å². The van der Waals surface area contributed by atoms with Crippen molar-refractivity contribution < 1.29 is 4.74 Å². The molecule has 1 aromatic heterocycles. The van der Waals surface area contributed by atoms with Gasteiger partial charge in [-0.3, -0.25) is 4.99 Å². The van der Waals surface area contributed by atoms with Crippen LogP contribution < -0.4 is 10.6 Å². The molecule has 0 atom stereocenters. The number of aliphatic imine (C=N–C) groups is 1. The van der Waals surface area contributed by atoms with Gasteiger partial charge >= 0.3 is 0 Å². The largest absolute Gasteiger partial charge is 0.385 e. The van der Waals surface area contributed by atoms with Gasteiger partial charge in [-0.1, -0.05) is 31.0 Å². The molecule has 6 nitrogen and oxygen atoms in total. The number of ether oxygens (including phenoxy) is 1. The van der Waals surface area contributed by atoms with Crippen LogP contribution in [-0.4, -0.2) is 49.1 Å². The molecule has 0 saturated heterocycles. The Balaban J connectivity index is 1.53. The normalized spacial score (nSPS) is 16.1. The summed E-state index contributed by atoms with van der Waals surface area (Å²) >= 11 is 0. The van der Waals surface area contributed by atoms with Gasteiger partial charge in [0.1, 0.15) is 0 Å². The summed E-state index contributed by atoms with van der Waals surface area (Å²) in [5.41, 5.74) is 2.61. The van der Waals surface area contributed by atoms with E-state index in [1.54, 1.807) is 7.11 Å². The number of para-hydroxylation sites is 1. The van der Waals surface area contributed by atoms with Crippen molar-refractivity contribution in [2.75, 3.05) is 33.4 Å². The Hall–Kier alpha value is -2.34. The third-order valence-electron chi connectivity index (χ3n) is 5.78. The Morgan fingerprint density at radius 2 is 2.00 bits per heavy atom. The number of guanidine groups is 1. The van der Waals surface area contributed by atoms with Crippen molar-refractivity contribution in [1.29, 1.82) is 0 Å². The predicted octanol–water partition coefficient (Wildman–Crippen LogP) is 3.57. The van der Waals surface area contributed by atoms with Crippen LogP contribution in [0.3, 0.4) is 0 Å². The van der Waals surface area contributed by atoms with Crippen molar-refractivity contribution in [3.63, 3.8) is 0 Å². The molecule has 1 aromatic carbocycles. The molecule has 158 valence electrons. The molecule has 0 amide bonds. The second-order valence-corrected chi connectivity index (χ2v) is 7.95. The van der Waals surface area contributed by atoms with E-state index in [-0.39, 0.29) is 0 Å². The molecule has 1 fully saturated rings. The monoisotopic (exact) mass is 397 g/mol. The maximum Gasteiger partial charge on any atom is 0.191 e. The van der Waals surface area contributed by atoms with Gasteiger partial charge in [-0.15, -0.1) is 0 Å². The smallest absolute Gasteiger partial charge is 0.191 e. The predicted molar refractivity (Wildman–Crippen MR) is 119 cm³/mol. The Bertz CT molecular complexity index is 750. The average molecular weight is 398 g/mol. The van der Waals surface area contributed by atoms with Gasteiger partial charge in [0.25, 0.3) is 0 Å². The highest BCUT2D eigenvalue weighted by Crippen LogP contribution is 2.41. The fourth-order valence-corrected chi connectivity index (χ4v) is 4.06. The molecule has 0 unspecified atom stereocenters. The molecule has 0 aliphatic heterocycles. The lowest BCUT2D eigenvalue weighted by atomic mass is 9.83. The highest BCUT2D eigenvalue weighted by atomic mass is 16.5. The van der Waals surface area contributed by atoms with Crippen molar-refractivity contribution in [3.05, 3.63) is 48.3 Å². The van der Waals surface area contributed by atoms with Gasteiger partial charge in [-0.05, 0) is 55.7 Å². The fraction of sp³-hybridized carbons (Fsp3) is 0.565. The van der Waals surface area contributed by atoms with Gasteiger partial charge in [0.05, 0.1) is 11.9 Å². The van der Waals surface area contributed by atoms with Gasteiger partial charge in [0.15, 0.2) is 5.96 Å². The fourth-order valence-electron chi connectivity index (χ4n) is 4.06. The van der Waals surface area contributed by atoms with E-state index >= 15 is 0 Å². The summed E-state index contributed by atoms with van der Waals surface area (Å²) in [7, 11) is 1.79. The van der Waals surface area contributed by atoms with Crippen LogP contribution in [0.25, 0.3) is 5.69 Å². The van der Waals surface area contributed by atoms with Crippen LogP contribution in [0.2, 0.25) is 0 Å². The summed E-state index contributed by atoms with van der Waals surface area (Å²) < 4.78 is 7.27. The maximum atomic E-state index is 5.34. The minimum absolute atomic E-state index is 0.315. The SMILES string of the molecule is CCNC(=NCC1(CCOC)CCCC1)NCCc1cnn(-c2ccccc2)c1. The zero-order valence-corrected chi connectivity index (χ0v) is 17.9. The van der Waals surface area contributed by atoms with Gasteiger partial charge in [0, 0.05) is 39.5 Å². The molecular formula is C23H35N5O. The summed E-state index contributed by atoms with van der Waals surface area (Å²) in [6.45, 7) is 5.50. The number of hydrogen-bond acceptors (Lipinski definition) is 3. The van der Waals surface area contributed by atoms with E-state index in [9.17, 15) is 0 Å². The molecule has 6 heteroatoms. The van der Waals surface area contributed by atoms with Crippen LogP contribution in [0.1, 0.15) is 44.6 Å². The molecule has 0 spiro atoms. The first kappa shape index (κ1) is 21.4. The van der Waals surface area contributed by atoms with Gasteiger partial charge in [-0.2, -0.15) is 5.10 Å². The number of rotatable bonds is 10. The van der Waals surface area contributed by atoms with E-state index < -0.39 is 0 Å². The average Bonchev–Trinajstić information content (AvgIpc) is 3.42. The zero-order valence-electron chi connectivity index (χ0n) is 17.9. The summed E-state index contributed by atoms with van der Waals surface area (Å²) in [5.74, 6) is 0.909. The third-order valence-corrected chi connectivity index (χ3v) is 5.78. The Labute approximate surface area is 174 Å². The van der Waals surface area contributed by atoms with Crippen LogP contribution >= 0.6 is 0 Å². The molecule has 3 rings (SSSR count).